The molecule has 12 heteroatoms. The van der Waals surface area contributed by atoms with Crippen molar-refractivity contribution in [2.24, 2.45) is 0 Å². The minimum Gasteiger partial charge on any atom is -0.491 e. The van der Waals surface area contributed by atoms with Gasteiger partial charge in [0.05, 0.1) is 32.1 Å². The number of carbonyl (C=O) groups is 2. The molecule has 1 aliphatic carbocycles. The lowest BCUT2D eigenvalue weighted by atomic mass is 9.91. The van der Waals surface area contributed by atoms with Gasteiger partial charge in [-0.3, -0.25) is 4.79 Å². The molecule has 0 saturated carbocycles. The van der Waals surface area contributed by atoms with Gasteiger partial charge in [-0.15, -0.1) is 11.3 Å². The molecule has 1 saturated heterocycles. The second kappa shape index (κ2) is 17.8. The van der Waals surface area contributed by atoms with Gasteiger partial charge in [-0.1, -0.05) is 42.5 Å². The van der Waals surface area contributed by atoms with Crippen LogP contribution in [0.3, 0.4) is 0 Å². The summed E-state index contributed by atoms with van der Waals surface area (Å²) in [5.74, 6) is 0.878. The van der Waals surface area contributed by atoms with Crippen LogP contribution in [0.2, 0.25) is 0 Å². The van der Waals surface area contributed by atoms with Crippen LogP contribution in [0.1, 0.15) is 71.6 Å². The standard InChI is InChI=1S/C39H50N4O7S/c1-26-9-6-7-12-32(26)36(45)43-17-15-29-25-30(13-14-33(29)43)35-27(2)51-37(42-35)41-34(44)24-28-10-8-11-31(23-28)49-22-21-48-20-19-47-18-16-40-38(46)50-39(3,4)5/h6-12,14,23,25,30,34,44H,13,15-22,24H2,1-5H3,(H,40,46)(H,41,42). The molecular formula is C39H50N4O7S. The number of anilines is 1. The van der Waals surface area contributed by atoms with Crippen molar-refractivity contribution in [3.63, 3.8) is 0 Å². The van der Waals surface area contributed by atoms with E-state index in [0.29, 0.717) is 63.4 Å². The van der Waals surface area contributed by atoms with Gasteiger partial charge in [-0.2, -0.15) is 0 Å². The van der Waals surface area contributed by atoms with E-state index in [9.17, 15) is 14.7 Å². The molecule has 5 rings (SSSR count). The zero-order valence-electron chi connectivity index (χ0n) is 30.2. The lowest BCUT2D eigenvalue weighted by Gasteiger charge is -2.23. The highest BCUT2D eigenvalue weighted by atomic mass is 32.1. The maximum atomic E-state index is 13.3. The molecular weight excluding hydrogens is 669 g/mol. The molecule has 11 nitrogen and oxygen atoms in total. The number of fused-ring (bicyclic) bond motifs is 1. The summed E-state index contributed by atoms with van der Waals surface area (Å²) in [7, 11) is 0. The third kappa shape index (κ3) is 11.1. The van der Waals surface area contributed by atoms with Crippen LogP contribution < -0.4 is 15.4 Å². The number of ether oxygens (including phenoxy) is 4. The number of aromatic nitrogens is 1. The van der Waals surface area contributed by atoms with Crippen molar-refractivity contribution in [2.75, 3.05) is 51.4 Å². The average molecular weight is 719 g/mol. The summed E-state index contributed by atoms with van der Waals surface area (Å²) in [6.07, 6.45) is 5.13. The van der Waals surface area contributed by atoms with Gasteiger partial charge in [0.25, 0.3) is 5.91 Å². The van der Waals surface area contributed by atoms with E-state index in [2.05, 4.69) is 29.7 Å². The Morgan fingerprint density at radius 1 is 1.04 bits per heavy atom. The first-order valence-corrected chi connectivity index (χ1v) is 18.3. The Kier molecular flexibility index (Phi) is 13.3. The zero-order chi connectivity index (χ0) is 36.4. The number of aliphatic hydroxyl groups is 1. The number of benzene rings is 2. The molecule has 1 aliphatic heterocycles. The largest absolute Gasteiger partial charge is 0.491 e. The van der Waals surface area contributed by atoms with Crippen LogP contribution in [0.5, 0.6) is 5.75 Å². The molecule has 2 atom stereocenters. The fraction of sp³-hybridized carbons (Fsp3) is 0.462. The molecule has 2 unspecified atom stereocenters. The van der Waals surface area contributed by atoms with Crippen molar-refractivity contribution >= 4 is 28.5 Å². The maximum absolute atomic E-state index is 13.3. The second-order valence-corrected chi connectivity index (χ2v) is 14.8. The number of thiazole rings is 1. The second-order valence-electron chi connectivity index (χ2n) is 13.6. The molecule has 0 radical (unpaired) electrons. The molecule has 0 spiro atoms. The molecule has 2 amide bonds. The normalized spacial score (nSPS) is 16.2. The first kappa shape index (κ1) is 38.0. The van der Waals surface area contributed by atoms with E-state index >= 15 is 0 Å². The molecule has 274 valence electrons. The van der Waals surface area contributed by atoms with Crippen LogP contribution in [0.25, 0.3) is 0 Å². The van der Waals surface area contributed by atoms with Gasteiger partial charge in [-0.05, 0) is 82.4 Å². The van der Waals surface area contributed by atoms with Gasteiger partial charge in [0, 0.05) is 41.6 Å². The van der Waals surface area contributed by atoms with Crippen molar-refractivity contribution in [1.29, 1.82) is 0 Å². The summed E-state index contributed by atoms with van der Waals surface area (Å²) < 4.78 is 22.1. The molecule has 3 N–H and O–H groups in total. The Hall–Kier alpha value is -4.23. The smallest absolute Gasteiger partial charge is 0.407 e. The zero-order valence-corrected chi connectivity index (χ0v) is 31.0. The summed E-state index contributed by atoms with van der Waals surface area (Å²) in [6, 6.07) is 15.4. The number of alkyl carbamates (subject to hydrolysis) is 1. The Bertz CT molecular complexity index is 1710. The van der Waals surface area contributed by atoms with Crippen molar-refractivity contribution < 1.29 is 33.6 Å². The topological polar surface area (TPSA) is 131 Å². The number of amides is 2. The van der Waals surface area contributed by atoms with Gasteiger partial charge in [0.15, 0.2) is 5.13 Å². The van der Waals surface area contributed by atoms with E-state index < -0.39 is 17.9 Å². The van der Waals surface area contributed by atoms with Crippen LogP contribution in [0.15, 0.2) is 72.0 Å². The molecule has 1 fully saturated rings. The Balaban J connectivity index is 1.01. The summed E-state index contributed by atoms with van der Waals surface area (Å²) in [5.41, 5.74) is 5.35. The van der Waals surface area contributed by atoms with Gasteiger partial charge in [-0.25, -0.2) is 9.78 Å². The molecule has 2 aromatic carbocycles. The summed E-state index contributed by atoms with van der Waals surface area (Å²) in [6.45, 7) is 12.5. The fourth-order valence-corrected chi connectivity index (χ4v) is 6.98. The molecule has 51 heavy (non-hydrogen) atoms. The lowest BCUT2D eigenvalue weighted by Crippen LogP contribution is -2.34. The van der Waals surface area contributed by atoms with Crippen molar-refractivity contribution in [2.45, 2.75) is 71.6 Å². The maximum Gasteiger partial charge on any atom is 0.407 e. The van der Waals surface area contributed by atoms with E-state index in [-0.39, 0.29) is 11.8 Å². The number of nitrogens with zero attached hydrogens (tertiary/aromatic N) is 2. The molecule has 2 aliphatic rings. The SMILES string of the molecule is Cc1ccccc1C(=O)N1CCC2=CC(c3nc(NC(O)Cc4cccc(OCCOCCOCCNC(=O)OC(C)(C)C)c4)sc3C)CC=C21. The highest BCUT2D eigenvalue weighted by Gasteiger charge is 2.32. The van der Waals surface area contributed by atoms with Crippen LogP contribution in [-0.4, -0.2) is 84.9 Å². The summed E-state index contributed by atoms with van der Waals surface area (Å²) in [5, 5.41) is 17.4. The van der Waals surface area contributed by atoms with Crippen molar-refractivity contribution in [3.8, 4) is 5.75 Å². The number of hydrogen-bond acceptors (Lipinski definition) is 10. The van der Waals surface area contributed by atoms with E-state index in [0.717, 1.165) is 45.8 Å². The number of aliphatic hydroxyl groups excluding tert-OH is 1. The third-order valence-corrected chi connectivity index (χ3v) is 9.31. The van der Waals surface area contributed by atoms with E-state index in [1.807, 2.05) is 81.1 Å². The minimum atomic E-state index is -0.826. The van der Waals surface area contributed by atoms with Gasteiger partial charge in [0.1, 0.15) is 24.2 Å². The number of aryl methyl sites for hydroxylation is 2. The third-order valence-electron chi connectivity index (χ3n) is 8.40. The number of carbonyl (C=O) groups excluding carboxylic acids is 2. The van der Waals surface area contributed by atoms with E-state index in [1.165, 1.54) is 16.9 Å². The Morgan fingerprint density at radius 2 is 1.80 bits per heavy atom. The molecule has 0 bridgehead atoms. The van der Waals surface area contributed by atoms with Crippen LogP contribution in [0.4, 0.5) is 9.93 Å². The molecule has 1 aromatic heterocycles. The first-order valence-electron chi connectivity index (χ1n) is 17.5. The quantitative estimate of drug-likeness (QED) is 0.112. The minimum absolute atomic E-state index is 0.0548. The number of nitrogens with one attached hydrogen (secondary N) is 2. The van der Waals surface area contributed by atoms with Crippen LogP contribution >= 0.6 is 11.3 Å². The summed E-state index contributed by atoms with van der Waals surface area (Å²) >= 11 is 1.54. The van der Waals surface area contributed by atoms with Crippen molar-refractivity contribution in [3.05, 3.63) is 99.2 Å². The average Bonchev–Trinajstić information content (AvgIpc) is 3.67. The van der Waals surface area contributed by atoms with Crippen LogP contribution in [-0.2, 0) is 20.6 Å². The monoisotopic (exact) mass is 718 g/mol. The first-order chi connectivity index (χ1) is 24.5. The van der Waals surface area contributed by atoms with Crippen LogP contribution in [0, 0.1) is 13.8 Å². The van der Waals surface area contributed by atoms with Gasteiger partial charge < -0.3 is 39.6 Å². The fourth-order valence-electron chi connectivity index (χ4n) is 6.05. The highest BCUT2D eigenvalue weighted by Crippen LogP contribution is 2.40. The van der Waals surface area contributed by atoms with Gasteiger partial charge >= 0.3 is 6.09 Å². The molecule has 2 heterocycles. The highest BCUT2D eigenvalue weighted by molar-refractivity contribution is 7.15. The number of hydrogen-bond donors (Lipinski definition) is 3. The van der Waals surface area contributed by atoms with Gasteiger partial charge in [0.2, 0.25) is 0 Å². The molecule has 3 aromatic rings. The number of rotatable bonds is 16. The lowest BCUT2D eigenvalue weighted by molar-refractivity contribution is 0.0327. The Morgan fingerprint density at radius 3 is 2.59 bits per heavy atom. The van der Waals surface area contributed by atoms with E-state index in [1.54, 1.807) is 0 Å². The summed E-state index contributed by atoms with van der Waals surface area (Å²) in [4.78, 5) is 32.8. The predicted molar refractivity (Wildman–Crippen MR) is 198 cm³/mol. The predicted octanol–water partition coefficient (Wildman–Crippen LogP) is 6.51. The van der Waals surface area contributed by atoms with Crippen molar-refractivity contribution in [1.82, 2.24) is 15.2 Å². The Labute approximate surface area is 304 Å². The van der Waals surface area contributed by atoms with E-state index in [4.69, 9.17) is 23.9 Å². The number of allylic oxidation sites excluding steroid dienone is 3. The number of likely N-dealkylation sites (tertiary alicyclic amines) is 1.